The van der Waals surface area contributed by atoms with Gasteiger partial charge < -0.3 is 20.1 Å². The van der Waals surface area contributed by atoms with Crippen LogP contribution in [0.15, 0.2) is 91.1 Å². The first-order chi connectivity index (χ1) is 15.5. The lowest BCUT2D eigenvalue weighted by atomic mass is 9.99. The van der Waals surface area contributed by atoms with Crippen LogP contribution < -0.4 is 10.6 Å². The number of urea groups is 1. The van der Waals surface area contributed by atoms with E-state index in [2.05, 4.69) is 57.6 Å². The normalized spacial score (nSPS) is 12.3. The minimum Gasteiger partial charge on any atom is -0.350 e. The molecule has 2 amide bonds. The van der Waals surface area contributed by atoms with Crippen LogP contribution in [0.2, 0.25) is 0 Å². The van der Waals surface area contributed by atoms with Crippen molar-refractivity contribution in [2.75, 3.05) is 20.6 Å². The summed E-state index contributed by atoms with van der Waals surface area (Å²) in [4.78, 5) is 15.1. The molecule has 0 radical (unpaired) electrons. The number of fused-ring (bicyclic) bond motifs is 1. The van der Waals surface area contributed by atoms with Gasteiger partial charge in [0.15, 0.2) is 0 Å². The Labute approximate surface area is 189 Å². The monoisotopic (exact) mass is 426 g/mol. The van der Waals surface area contributed by atoms with Gasteiger partial charge in [-0.2, -0.15) is 0 Å². The van der Waals surface area contributed by atoms with Crippen molar-refractivity contribution >= 4 is 16.9 Å². The van der Waals surface area contributed by atoms with Crippen molar-refractivity contribution in [3.63, 3.8) is 0 Å². The molecule has 0 fully saturated rings. The number of aromatic nitrogens is 1. The Bertz CT molecular complexity index is 1130. The van der Waals surface area contributed by atoms with E-state index in [0.29, 0.717) is 6.54 Å². The van der Waals surface area contributed by atoms with E-state index in [1.54, 1.807) is 0 Å². The number of hydrogen-bond acceptors (Lipinski definition) is 2. The highest BCUT2D eigenvalue weighted by molar-refractivity contribution is 5.84. The lowest BCUT2D eigenvalue weighted by Crippen LogP contribution is -2.42. The van der Waals surface area contributed by atoms with Crippen LogP contribution in [0.3, 0.4) is 0 Å². The summed E-state index contributed by atoms with van der Waals surface area (Å²) in [6.07, 6.45) is 2.16. The quantitative estimate of drug-likeness (QED) is 0.443. The van der Waals surface area contributed by atoms with Crippen LogP contribution in [0.25, 0.3) is 10.9 Å². The van der Waals surface area contributed by atoms with Crippen LogP contribution in [0.1, 0.15) is 28.8 Å². The first-order valence-corrected chi connectivity index (χ1v) is 10.9. The summed E-state index contributed by atoms with van der Waals surface area (Å²) < 4.78 is 2.14. The maximum atomic E-state index is 13.0. The van der Waals surface area contributed by atoms with Gasteiger partial charge in [-0.15, -0.1) is 0 Å². The Hall–Kier alpha value is -3.57. The molecular weight excluding hydrogens is 396 g/mol. The van der Waals surface area contributed by atoms with Crippen molar-refractivity contribution in [2.45, 2.75) is 12.1 Å². The summed E-state index contributed by atoms with van der Waals surface area (Å²) in [5.41, 5.74) is 4.49. The van der Waals surface area contributed by atoms with Crippen LogP contribution in [0.5, 0.6) is 0 Å². The fourth-order valence-corrected chi connectivity index (χ4v) is 4.23. The Kier molecular flexibility index (Phi) is 6.57. The Balaban J connectivity index is 1.52. The highest BCUT2D eigenvalue weighted by Gasteiger charge is 2.21. The van der Waals surface area contributed by atoms with E-state index < -0.39 is 0 Å². The fourth-order valence-electron chi connectivity index (χ4n) is 4.23. The van der Waals surface area contributed by atoms with Crippen molar-refractivity contribution in [1.82, 2.24) is 20.1 Å². The standard InChI is InChI=1S/C27H30N4O/c1-30(2)25(23-19-31(3)24-17-11-10-16-22(23)24)18-28-27(32)29-26(20-12-6-4-7-13-20)21-14-8-5-9-15-21/h4-17,19,25-26H,18H2,1-3H3,(H2,28,29,32). The van der Waals surface area contributed by atoms with Crippen molar-refractivity contribution in [3.05, 3.63) is 108 Å². The first-order valence-electron chi connectivity index (χ1n) is 10.9. The molecule has 1 unspecified atom stereocenters. The number of rotatable bonds is 7. The predicted octanol–water partition coefficient (Wildman–Crippen LogP) is 4.87. The number of likely N-dealkylation sites (N-methyl/N-ethyl adjacent to an activating group) is 1. The van der Waals surface area contributed by atoms with E-state index in [9.17, 15) is 4.79 Å². The zero-order valence-electron chi connectivity index (χ0n) is 18.8. The lowest BCUT2D eigenvalue weighted by molar-refractivity contribution is 0.231. The van der Waals surface area contributed by atoms with Crippen molar-refractivity contribution < 1.29 is 4.79 Å². The summed E-state index contributed by atoms with van der Waals surface area (Å²) in [6.45, 7) is 0.503. The molecule has 4 rings (SSSR count). The molecule has 0 bridgehead atoms. The third kappa shape index (κ3) is 4.68. The summed E-state index contributed by atoms with van der Waals surface area (Å²) in [5, 5.41) is 7.48. The summed E-state index contributed by atoms with van der Waals surface area (Å²) in [6, 6.07) is 28.1. The SMILES string of the molecule is CN(C)C(CNC(=O)NC(c1ccccc1)c1ccccc1)c1cn(C)c2ccccc12. The molecule has 4 aromatic rings. The number of carbonyl (C=O) groups excluding carboxylic acids is 1. The molecule has 0 saturated heterocycles. The van der Waals surface area contributed by atoms with Crippen LogP contribution in [-0.2, 0) is 7.05 Å². The molecule has 1 aromatic heterocycles. The Morgan fingerprint density at radius 2 is 1.44 bits per heavy atom. The molecule has 3 aromatic carbocycles. The second-order valence-electron chi connectivity index (χ2n) is 8.30. The summed E-state index contributed by atoms with van der Waals surface area (Å²) in [7, 11) is 6.15. The average molecular weight is 427 g/mol. The van der Waals surface area contributed by atoms with Gasteiger partial charge in [0, 0.05) is 30.7 Å². The third-order valence-corrected chi connectivity index (χ3v) is 5.91. The fraction of sp³-hybridized carbons (Fsp3) is 0.222. The van der Waals surface area contributed by atoms with Gasteiger partial charge in [-0.1, -0.05) is 78.9 Å². The zero-order chi connectivity index (χ0) is 22.5. The topological polar surface area (TPSA) is 49.3 Å². The van der Waals surface area contributed by atoms with Gasteiger partial charge in [-0.05, 0) is 36.9 Å². The summed E-state index contributed by atoms with van der Waals surface area (Å²) in [5.74, 6) is 0. The lowest BCUT2D eigenvalue weighted by Gasteiger charge is -2.26. The minimum absolute atomic E-state index is 0.0544. The molecule has 32 heavy (non-hydrogen) atoms. The maximum Gasteiger partial charge on any atom is 0.315 e. The number of para-hydroxylation sites is 1. The number of amides is 2. The van der Waals surface area contributed by atoms with E-state index in [0.717, 1.165) is 11.1 Å². The van der Waals surface area contributed by atoms with Gasteiger partial charge in [0.25, 0.3) is 0 Å². The molecule has 2 N–H and O–H groups in total. The van der Waals surface area contributed by atoms with Gasteiger partial charge in [0.1, 0.15) is 0 Å². The van der Waals surface area contributed by atoms with Gasteiger partial charge in [0.05, 0.1) is 12.1 Å². The van der Waals surface area contributed by atoms with E-state index in [-0.39, 0.29) is 18.1 Å². The molecule has 0 aliphatic carbocycles. The Morgan fingerprint density at radius 1 is 0.875 bits per heavy atom. The summed E-state index contributed by atoms with van der Waals surface area (Å²) >= 11 is 0. The molecule has 5 heteroatoms. The maximum absolute atomic E-state index is 13.0. The van der Waals surface area contributed by atoms with E-state index in [1.165, 1.54) is 16.5 Å². The zero-order valence-corrected chi connectivity index (χ0v) is 18.8. The number of benzene rings is 3. The number of aryl methyl sites for hydroxylation is 1. The second-order valence-corrected chi connectivity index (χ2v) is 8.30. The molecule has 1 atom stereocenters. The molecule has 0 aliphatic rings. The molecule has 5 nitrogen and oxygen atoms in total. The highest BCUT2D eigenvalue weighted by Crippen LogP contribution is 2.28. The number of hydrogen-bond donors (Lipinski definition) is 2. The first kappa shape index (κ1) is 21.7. The second kappa shape index (κ2) is 9.71. The Morgan fingerprint density at radius 3 is 2.03 bits per heavy atom. The molecule has 0 spiro atoms. The molecule has 1 heterocycles. The smallest absolute Gasteiger partial charge is 0.315 e. The van der Waals surface area contributed by atoms with E-state index in [4.69, 9.17) is 0 Å². The van der Waals surface area contributed by atoms with Crippen LogP contribution >= 0.6 is 0 Å². The van der Waals surface area contributed by atoms with Crippen molar-refractivity contribution in [1.29, 1.82) is 0 Å². The largest absolute Gasteiger partial charge is 0.350 e. The number of nitrogens with one attached hydrogen (secondary N) is 2. The third-order valence-electron chi connectivity index (χ3n) is 5.91. The molecule has 164 valence electrons. The predicted molar refractivity (Wildman–Crippen MR) is 131 cm³/mol. The molecule has 0 saturated carbocycles. The number of nitrogens with zero attached hydrogens (tertiary/aromatic N) is 2. The van der Waals surface area contributed by atoms with E-state index in [1.807, 2.05) is 74.8 Å². The van der Waals surface area contributed by atoms with Gasteiger partial charge >= 0.3 is 6.03 Å². The van der Waals surface area contributed by atoms with Crippen LogP contribution in [-0.4, -0.2) is 36.1 Å². The minimum atomic E-state index is -0.215. The van der Waals surface area contributed by atoms with Crippen molar-refractivity contribution in [3.8, 4) is 0 Å². The average Bonchev–Trinajstić information content (AvgIpc) is 3.15. The van der Waals surface area contributed by atoms with Crippen LogP contribution in [0, 0.1) is 0 Å². The number of carbonyl (C=O) groups is 1. The highest BCUT2D eigenvalue weighted by atomic mass is 16.2. The molecule has 0 aliphatic heterocycles. The van der Waals surface area contributed by atoms with Gasteiger partial charge in [-0.25, -0.2) is 4.79 Å². The van der Waals surface area contributed by atoms with Crippen LogP contribution in [0.4, 0.5) is 4.79 Å². The van der Waals surface area contributed by atoms with Gasteiger partial charge in [0.2, 0.25) is 0 Å². The molecular formula is C27H30N4O. The van der Waals surface area contributed by atoms with E-state index >= 15 is 0 Å². The van der Waals surface area contributed by atoms with Gasteiger partial charge in [-0.3, -0.25) is 0 Å². The van der Waals surface area contributed by atoms with Crippen molar-refractivity contribution in [2.24, 2.45) is 7.05 Å².